The first-order valence-electron chi connectivity index (χ1n) is 5.80. The number of Topliss-reactive ketones (excluding diaryl/α,β-unsaturated/α-hetero) is 1. The molecule has 0 saturated carbocycles. The minimum Gasteiger partial charge on any atom is -0.292 e. The molecule has 0 aliphatic heterocycles. The van der Waals surface area contributed by atoms with Crippen molar-refractivity contribution >= 4 is 53.6 Å². The number of benzene rings is 2. The van der Waals surface area contributed by atoms with Gasteiger partial charge in [0.1, 0.15) is 3.74 Å². The SMILES string of the molecule is O=C(c1ccc2c(c1)Cc1cc(Br)ccc1-2)C(Br)Br. The number of alkyl halides is 2. The number of halogens is 3. The Labute approximate surface area is 136 Å². The minimum atomic E-state index is -0.323. The molecule has 0 fully saturated rings. The lowest BCUT2D eigenvalue weighted by Gasteiger charge is -2.05. The molecule has 2 aromatic carbocycles. The number of fused-ring (bicyclic) bond motifs is 3. The van der Waals surface area contributed by atoms with Crippen molar-refractivity contribution in [1.82, 2.24) is 0 Å². The van der Waals surface area contributed by atoms with Gasteiger partial charge in [-0.05, 0) is 46.9 Å². The summed E-state index contributed by atoms with van der Waals surface area (Å²) in [6.07, 6.45) is 0.889. The highest BCUT2D eigenvalue weighted by Gasteiger charge is 2.21. The van der Waals surface area contributed by atoms with Crippen molar-refractivity contribution in [3.05, 3.63) is 57.6 Å². The van der Waals surface area contributed by atoms with E-state index in [1.807, 2.05) is 18.2 Å². The third-order valence-corrected chi connectivity index (χ3v) is 4.65. The van der Waals surface area contributed by atoms with Crippen LogP contribution in [0.1, 0.15) is 21.5 Å². The monoisotopic (exact) mass is 442 g/mol. The summed E-state index contributed by atoms with van der Waals surface area (Å²) in [6.45, 7) is 0. The van der Waals surface area contributed by atoms with Gasteiger partial charge in [0.25, 0.3) is 0 Å². The first-order chi connectivity index (χ1) is 9.06. The van der Waals surface area contributed by atoms with Gasteiger partial charge in [0.2, 0.25) is 0 Å². The quantitative estimate of drug-likeness (QED) is 0.386. The zero-order valence-corrected chi connectivity index (χ0v) is 14.5. The molecule has 4 heteroatoms. The van der Waals surface area contributed by atoms with Gasteiger partial charge in [-0.3, -0.25) is 4.79 Å². The van der Waals surface area contributed by atoms with E-state index in [4.69, 9.17) is 0 Å². The van der Waals surface area contributed by atoms with Crippen LogP contribution in [0.4, 0.5) is 0 Å². The Bertz CT molecular complexity index is 677. The van der Waals surface area contributed by atoms with E-state index in [1.165, 1.54) is 22.3 Å². The van der Waals surface area contributed by atoms with Gasteiger partial charge in [0.05, 0.1) is 0 Å². The zero-order valence-electron chi connectivity index (χ0n) is 9.79. The van der Waals surface area contributed by atoms with E-state index >= 15 is 0 Å². The maximum absolute atomic E-state index is 12.0. The summed E-state index contributed by atoms with van der Waals surface area (Å²) >= 11 is 10.0. The summed E-state index contributed by atoms with van der Waals surface area (Å²) in [7, 11) is 0. The molecule has 0 amide bonds. The molecule has 0 unspecified atom stereocenters. The van der Waals surface area contributed by atoms with Crippen molar-refractivity contribution in [2.24, 2.45) is 0 Å². The fraction of sp³-hybridized carbons (Fsp3) is 0.133. The van der Waals surface area contributed by atoms with Gasteiger partial charge in [-0.2, -0.15) is 0 Å². The highest BCUT2D eigenvalue weighted by Crippen LogP contribution is 2.38. The molecule has 0 aromatic heterocycles. The van der Waals surface area contributed by atoms with Gasteiger partial charge in [0, 0.05) is 10.0 Å². The molecule has 0 spiro atoms. The molecule has 0 heterocycles. The van der Waals surface area contributed by atoms with Gasteiger partial charge in [-0.25, -0.2) is 0 Å². The predicted molar refractivity (Wildman–Crippen MR) is 88.4 cm³/mol. The summed E-state index contributed by atoms with van der Waals surface area (Å²) in [4.78, 5) is 12.0. The maximum atomic E-state index is 12.0. The zero-order chi connectivity index (χ0) is 13.6. The van der Waals surface area contributed by atoms with E-state index in [0.717, 1.165) is 16.5 Å². The number of hydrogen-bond donors (Lipinski definition) is 0. The topological polar surface area (TPSA) is 17.1 Å². The number of rotatable bonds is 2. The second-order valence-electron chi connectivity index (χ2n) is 4.52. The Morgan fingerprint density at radius 2 is 1.63 bits per heavy atom. The Kier molecular flexibility index (Phi) is 3.67. The Morgan fingerprint density at radius 3 is 2.32 bits per heavy atom. The van der Waals surface area contributed by atoms with Crippen LogP contribution in [0.2, 0.25) is 0 Å². The molecule has 0 saturated heterocycles. The second-order valence-corrected chi connectivity index (χ2v) is 8.49. The van der Waals surface area contributed by atoms with E-state index in [-0.39, 0.29) is 9.52 Å². The third-order valence-electron chi connectivity index (χ3n) is 3.33. The van der Waals surface area contributed by atoms with Crippen LogP contribution in [0, 0.1) is 0 Å². The van der Waals surface area contributed by atoms with E-state index in [0.29, 0.717) is 0 Å². The molecular formula is C15H9Br3O. The summed E-state index contributed by atoms with van der Waals surface area (Å²) in [6, 6.07) is 12.3. The first kappa shape index (κ1) is 13.5. The number of hydrogen-bond acceptors (Lipinski definition) is 1. The average Bonchev–Trinajstić information content (AvgIpc) is 2.73. The third kappa shape index (κ3) is 2.46. The lowest BCUT2D eigenvalue weighted by Crippen LogP contribution is -2.07. The van der Waals surface area contributed by atoms with Gasteiger partial charge in [-0.1, -0.05) is 66.0 Å². The largest absolute Gasteiger partial charge is 0.292 e. The average molecular weight is 445 g/mol. The second kappa shape index (κ2) is 5.15. The van der Waals surface area contributed by atoms with Gasteiger partial charge in [-0.15, -0.1) is 0 Å². The smallest absolute Gasteiger partial charge is 0.187 e. The van der Waals surface area contributed by atoms with Crippen molar-refractivity contribution in [3.63, 3.8) is 0 Å². The van der Waals surface area contributed by atoms with Crippen LogP contribution < -0.4 is 0 Å². The van der Waals surface area contributed by atoms with Gasteiger partial charge < -0.3 is 0 Å². The minimum absolute atomic E-state index is 0.0555. The van der Waals surface area contributed by atoms with Crippen molar-refractivity contribution in [2.45, 2.75) is 10.2 Å². The van der Waals surface area contributed by atoms with Crippen LogP contribution in [0.3, 0.4) is 0 Å². The number of carbonyl (C=O) groups excluding carboxylic acids is 1. The molecule has 19 heavy (non-hydrogen) atoms. The molecule has 96 valence electrons. The first-order valence-corrected chi connectivity index (χ1v) is 8.43. The predicted octanol–water partition coefficient (Wildman–Crippen LogP) is 5.32. The van der Waals surface area contributed by atoms with Crippen molar-refractivity contribution in [1.29, 1.82) is 0 Å². The van der Waals surface area contributed by atoms with Crippen molar-refractivity contribution in [3.8, 4) is 11.1 Å². The van der Waals surface area contributed by atoms with Crippen molar-refractivity contribution in [2.75, 3.05) is 0 Å². The molecule has 0 radical (unpaired) electrons. The number of carbonyl (C=O) groups is 1. The lowest BCUT2D eigenvalue weighted by molar-refractivity contribution is 0.101. The molecule has 0 bridgehead atoms. The standard InChI is InChI=1S/C15H9Br3O/c16-11-2-4-13-10(7-11)6-9-5-8(1-3-12(9)13)14(19)15(17)18/h1-5,7,15H,6H2. The fourth-order valence-electron chi connectivity index (χ4n) is 2.46. The fourth-order valence-corrected chi connectivity index (χ4v) is 3.40. The Balaban J connectivity index is 2.05. The molecule has 1 nitrogen and oxygen atoms in total. The van der Waals surface area contributed by atoms with Gasteiger partial charge >= 0.3 is 0 Å². The highest BCUT2D eigenvalue weighted by molar-refractivity contribution is 9.25. The summed E-state index contributed by atoms with van der Waals surface area (Å²) in [5.74, 6) is 0.0555. The van der Waals surface area contributed by atoms with E-state index in [1.54, 1.807) is 0 Å². The van der Waals surface area contributed by atoms with Crippen LogP contribution in [-0.4, -0.2) is 9.52 Å². The molecule has 0 atom stereocenters. The van der Waals surface area contributed by atoms with E-state index in [2.05, 4.69) is 66.0 Å². The molecule has 1 aliphatic carbocycles. The summed E-state index contributed by atoms with van der Waals surface area (Å²) in [5, 5.41) is 0. The highest BCUT2D eigenvalue weighted by atomic mass is 79.9. The molecule has 3 rings (SSSR count). The normalized spacial score (nSPS) is 12.4. The van der Waals surface area contributed by atoms with Crippen LogP contribution in [0.15, 0.2) is 40.9 Å². The van der Waals surface area contributed by atoms with E-state index < -0.39 is 0 Å². The van der Waals surface area contributed by atoms with Gasteiger partial charge in [0.15, 0.2) is 5.78 Å². The molecular weight excluding hydrogens is 436 g/mol. The molecule has 2 aromatic rings. The summed E-state index contributed by atoms with van der Waals surface area (Å²) < 4.78 is 0.771. The summed E-state index contributed by atoms with van der Waals surface area (Å²) in [5.41, 5.74) is 5.78. The van der Waals surface area contributed by atoms with E-state index in [9.17, 15) is 4.79 Å². The van der Waals surface area contributed by atoms with Crippen LogP contribution >= 0.6 is 47.8 Å². The molecule has 0 N–H and O–H groups in total. The number of ketones is 1. The molecule has 1 aliphatic rings. The van der Waals surface area contributed by atoms with Crippen LogP contribution in [0.25, 0.3) is 11.1 Å². The van der Waals surface area contributed by atoms with Crippen molar-refractivity contribution < 1.29 is 4.79 Å². The maximum Gasteiger partial charge on any atom is 0.187 e. The lowest BCUT2D eigenvalue weighted by atomic mass is 10.0. The Hall–Kier alpha value is -0.450. The van der Waals surface area contributed by atoms with Crippen LogP contribution in [-0.2, 0) is 6.42 Å². The Morgan fingerprint density at radius 1 is 1.00 bits per heavy atom. The van der Waals surface area contributed by atoms with Crippen LogP contribution in [0.5, 0.6) is 0 Å².